The van der Waals surface area contributed by atoms with E-state index >= 15 is 0 Å². The van der Waals surface area contributed by atoms with Crippen LogP contribution in [0.25, 0.3) is 0 Å². The number of methoxy groups -OCH3 is 1. The second-order valence-corrected chi connectivity index (χ2v) is 7.63. The van der Waals surface area contributed by atoms with Crippen LogP contribution < -0.4 is 5.32 Å². The number of nitrogens with one attached hydrogen (secondary N) is 2. The van der Waals surface area contributed by atoms with E-state index in [2.05, 4.69) is 42.4 Å². The van der Waals surface area contributed by atoms with Gasteiger partial charge in [0.1, 0.15) is 6.04 Å². The van der Waals surface area contributed by atoms with E-state index < -0.39 is 6.04 Å². The molecule has 1 aromatic rings. The van der Waals surface area contributed by atoms with E-state index in [0.29, 0.717) is 23.9 Å². The molecule has 1 aliphatic rings. The van der Waals surface area contributed by atoms with Gasteiger partial charge in [-0.05, 0) is 19.3 Å². The van der Waals surface area contributed by atoms with E-state index in [0.717, 1.165) is 36.2 Å². The van der Waals surface area contributed by atoms with E-state index in [4.69, 9.17) is 15.1 Å². The summed E-state index contributed by atoms with van der Waals surface area (Å²) in [4.78, 5) is 17.8. The summed E-state index contributed by atoms with van der Waals surface area (Å²) in [5.74, 6) is 0. The first-order valence-corrected chi connectivity index (χ1v) is 11.1. The van der Waals surface area contributed by atoms with E-state index in [9.17, 15) is 4.91 Å². The molecule has 174 valence electrons. The highest BCUT2D eigenvalue weighted by atomic mass is 16.5. The highest BCUT2D eigenvalue weighted by Crippen LogP contribution is 2.25. The summed E-state index contributed by atoms with van der Waals surface area (Å²) in [5, 5.41) is 18.6. The van der Waals surface area contributed by atoms with Crippen molar-refractivity contribution >= 4 is 11.9 Å². The molecule has 9 heteroatoms. The lowest BCUT2D eigenvalue weighted by atomic mass is 10.1. The molecule has 2 N–H and O–H groups in total. The minimum Gasteiger partial charge on any atom is -0.388 e. The summed E-state index contributed by atoms with van der Waals surface area (Å²) < 4.78 is 7.00. The Labute approximate surface area is 190 Å². The van der Waals surface area contributed by atoms with Crippen LogP contribution in [0.1, 0.15) is 51.6 Å². The van der Waals surface area contributed by atoms with Gasteiger partial charge in [-0.2, -0.15) is 10.0 Å². The highest BCUT2D eigenvalue weighted by molar-refractivity contribution is 6.13. The van der Waals surface area contributed by atoms with Crippen LogP contribution in [0.5, 0.6) is 0 Å². The molecular weight excluding hydrogens is 406 g/mol. The Bertz CT molecular complexity index is 894. The Hall–Kier alpha value is -3.07. The fraction of sp³-hybridized carbons (Fsp3) is 0.522. The maximum atomic E-state index is 10.9. The second-order valence-electron chi connectivity index (χ2n) is 7.63. The van der Waals surface area contributed by atoms with Crippen LogP contribution in [-0.2, 0) is 4.74 Å². The molecule has 0 spiro atoms. The zero-order valence-electron chi connectivity index (χ0n) is 19.7. The zero-order valence-corrected chi connectivity index (χ0v) is 19.7. The van der Waals surface area contributed by atoms with Crippen molar-refractivity contribution < 1.29 is 4.74 Å². The highest BCUT2D eigenvalue weighted by Gasteiger charge is 2.22. The second kappa shape index (κ2) is 12.7. The molecule has 0 fully saturated rings. The van der Waals surface area contributed by atoms with Gasteiger partial charge < -0.3 is 20.4 Å². The molecule has 2 rings (SSSR count). The molecule has 0 aliphatic carbocycles. The minimum atomic E-state index is -0.500. The number of hydrogen-bond acceptors (Lipinski definition) is 8. The largest absolute Gasteiger partial charge is 0.388 e. The van der Waals surface area contributed by atoms with Crippen molar-refractivity contribution in [3.8, 4) is 0 Å². The summed E-state index contributed by atoms with van der Waals surface area (Å²) in [7, 11) is 3.50. The van der Waals surface area contributed by atoms with Crippen LogP contribution in [0.2, 0.25) is 0 Å². The molecule has 0 saturated carbocycles. The van der Waals surface area contributed by atoms with Crippen molar-refractivity contribution in [2.45, 2.75) is 52.1 Å². The SMILES string of the molecule is CC/C=C1/C(c2cnn(C(CC)CC)c2)=NC(/C(C=N)=C/NCC(COC)N=O)=CN1C. The van der Waals surface area contributed by atoms with Gasteiger partial charge in [-0.15, -0.1) is 0 Å². The number of hydrogen-bond donors (Lipinski definition) is 2. The molecule has 32 heavy (non-hydrogen) atoms. The normalized spacial score (nSPS) is 16.8. The molecule has 9 nitrogen and oxygen atoms in total. The van der Waals surface area contributed by atoms with E-state index in [-0.39, 0.29) is 6.61 Å². The standard InChI is InChI=1S/C23H35N7O2/c1-6-9-22-23(18-12-26-30(14-18)20(7-2)8-3)27-21(15-29(22)4)17(10-24)11-25-13-19(28-31)16-32-5/h9-12,14-15,19-20,24-25H,6-8,13,16H2,1-5H3/b17-11+,22-9-,24-10?. The first-order chi connectivity index (χ1) is 15.5. The van der Waals surface area contributed by atoms with E-state index in [1.807, 2.05) is 35.2 Å². The van der Waals surface area contributed by atoms with E-state index in [1.165, 1.54) is 13.3 Å². The molecule has 0 amide bonds. The Kier molecular flexibility index (Phi) is 10.0. The topological polar surface area (TPSA) is 108 Å². The van der Waals surface area contributed by atoms with Gasteiger partial charge in [0.2, 0.25) is 0 Å². The monoisotopic (exact) mass is 441 g/mol. The van der Waals surface area contributed by atoms with Gasteiger partial charge in [-0.1, -0.05) is 32.0 Å². The summed E-state index contributed by atoms with van der Waals surface area (Å²) in [5.41, 5.74) is 4.01. The summed E-state index contributed by atoms with van der Waals surface area (Å²) in [6.45, 7) is 6.98. The third-order valence-electron chi connectivity index (χ3n) is 5.33. The quantitative estimate of drug-likeness (QED) is 0.355. The van der Waals surface area contributed by atoms with Gasteiger partial charge in [-0.3, -0.25) is 4.68 Å². The molecule has 1 unspecified atom stereocenters. The van der Waals surface area contributed by atoms with Crippen molar-refractivity contribution in [1.29, 1.82) is 5.41 Å². The van der Waals surface area contributed by atoms with Crippen LogP contribution in [0.15, 0.2) is 58.0 Å². The number of ether oxygens (including phenoxy) is 1. The van der Waals surface area contributed by atoms with Crippen LogP contribution in [0.3, 0.4) is 0 Å². The molecule has 1 aromatic heterocycles. The smallest absolute Gasteiger partial charge is 0.132 e. The predicted molar refractivity (Wildman–Crippen MR) is 129 cm³/mol. The maximum Gasteiger partial charge on any atom is 0.132 e. The first-order valence-electron chi connectivity index (χ1n) is 11.1. The Morgan fingerprint density at radius 2 is 2.09 bits per heavy atom. The van der Waals surface area contributed by atoms with Crippen LogP contribution >= 0.6 is 0 Å². The predicted octanol–water partition coefficient (Wildman–Crippen LogP) is 4.02. The molecule has 1 aliphatic heterocycles. The van der Waals surface area contributed by atoms with E-state index in [1.54, 1.807) is 6.20 Å². The number of likely N-dealkylation sites (N-methyl/N-ethyl adjacent to an activating group) is 1. The number of aliphatic imine (C=N–C) groups is 1. The van der Waals surface area contributed by atoms with Crippen LogP contribution in [0, 0.1) is 10.3 Å². The number of nitrogens with zero attached hydrogens (tertiary/aromatic N) is 5. The fourth-order valence-electron chi connectivity index (χ4n) is 3.55. The lowest BCUT2D eigenvalue weighted by molar-refractivity contribution is 0.180. The molecule has 2 heterocycles. The molecule has 0 bridgehead atoms. The molecule has 0 saturated heterocycles. The third kappa shape index (κ3) is 6.23. The zero-order chi connectivity index (χ0) is 23.5. The maximum absolute atomic E-state index is 10.9. The fourth-order valence-corrected chi connectivity index (χ4v) is 3.55. The average molecular weight is 442 g/mol. The van der Waals surface area contributed by atoms with Gasteiger partial charge in [-0.25, -0.2) is 4.99 Å². The molecule has 1 atom stereocenters. The van der Waals surface area contributed by atoms with Crippen molar-refractivity contribution in [2.75, 3.05) is 27.3 Å². The first kappa shape index (κ1) is 25.2. The number of allylic oxidation sites excluding steroid dienone is 3. The van der Waals surface area contributed by atoms with Crippen molar-refractivity contribution in [3.05, 3.63) is 58.3 Å². The number of nitroso groups, excluding NO2 is 1. The van der Waals surface area contributed by atoms with Gasteiger partial charge in [0.15, 0.2) is 0 Å². The Balaban J connectivity index is 2.37. The lowest BCUT2D eigenvalue weighted by Gasteiger charge is -2.26. The summed E-state index contributed by atoms with van der Waals surface area (Å²) >= 11 is 0. The average Bonchev–Trinajstić information content (AvgIpc) is 3.28. The molecule has 0 radical (unpaired) electrons. The van der Waals surface area contributed by atoms with Gasteiger partial charge in [0.25, 0.3) is 0 Å². The Morgan fingerprint density at radius 1 is 1.34 bits per heavy atom. The summed E-state index contributed by atoms with van der Waals surface area (Å²) in [6.07, 6.45) is 13.8. The van der Waals surface area contributed by atoms with Crippen molar-refractivity contribution in [1.82, 2.24) is 20.0 Å². The summed E-state index contributed by atoms with van der Waals surface area (Å²) in [6, 6.07) is -0.146. The minimum absolute atomic E-state index is 0.240. The van der Waals surface area contributed by atoms with Crippen LogP contribution in [-0.4, -0.2) is 60.0 Å². The number of aromatic nitrogens is 2. The van der Waals surface area contributed by atoms with Gasteiger partial charge >= 0.3 is 0 Å². The third-order valence-corrected chi connectivity index (χ3v) is 5.33. The number of rotatable bonds is 13. The van der Waals surface area contributed by atoms with Crippen LogP contribution in [0.4, 0.5) is 0 Å². The van der Waals surface area contributed by atoms with Crippen molar-refractivity contribution in [3.63, 3.8) is 0 Å². The lowest BCUT2D eigenvalue weighted by Crippen LogP contribution is -2.26. The van der Waals surface area contributed by atoms with Gasteiger partial charge in [0.05, 0.1) is 36.0 Å². The molecular formula is C23H35N7O2. The van der Waals surface area contributed by atoms with Crippen molar-refractivity contribution in [2.24, 2.45) is 10.2 Å². The van der Waals surface area contributed by atoms with Gasteiger partial charge in [0, 0.05) is 56.7 Å². The Morgan fingerprint density at radius 3 is 2.69 bits per heavy atom. The molecule has 0 aromatic carbocycles.